The summed E-state index contributed by atoms with van der Waals surface area (Å²) in [5.41, 5.74) is 0.889. The first-order valence-corrected chi connectivity index (χ1v) is 16.0. The predicted molar refractivity (Wildman–Crippen MR) is 172 cm³/mol. The summed E-state index contributed by atoms with van der Waals surface area (Å²) in [6.07, 6.45) is 4.39. The van der Waals surface area contributed by atoms with Gasteiger partial charge in [-0.2, -0.15) is 0 Å². The van der Waals surface area contributed by atoms with Crippen molar-refractivity contribution < 1.29 is 43.2 Å². The number of hydrogen-bond acceptors (Lipinski definition) is 11. The van der Waals surface area contributed by atoms with Gasteiger partial charge in [0.15, 0.2) is 28.1 Å². The first-order valence-electron chi connectivity index (χ1n) is 15.1. The predicted octanol–water partition coefficient (Wildman–Crippen LogP) is 6.16. The molecular formula is C34H36N2O9S. The summed E-state index contributed by atoms with van der Waals surface area (Å²) >= 11 is 0.917. The van der Waals surface area contributed by atoms with Crippen LogP contribution in [0.15, 0.2) is 54.6 Å². The minimum atomic E-state index is -1.12. The molecule has 3 aromatic rings. The normalized spacial score (nSPS) is 16.8. The van der Waals surface area contributed by atoms with Crippen molar-refractivity contribution in [3.8, 4) is 23.0 Å². The summed E-state index contributed by atoms with van der Waals surface area (Å²) in [5.74, 6) is -1.02. The van der Waals surface area contributed by atoms with Gasteiger partial charge in [-0.15, -0.1) is 0 Å². The Morgan fingerprint density at radius 2 is 1.87 bits per heavy atom. The van der Waals surface area contributed by atoms with E-state index in [1.54, 1.807) is 43.3 Å². The van der Waals surface area contributed by atoms with E-state index in [-0.39, 0.29) is 27.8 Å². The fourth-order valence-electron chi connectivity index (χ4n) is 5.18. The van der Waals surface area contributed by atoms with Crippen molar-refractivity contribution in [3.63, 3.8) is 0 Å². The van der Waals surface area contributed by atoms with Crippen LogP contribution in [0.2, 0.25) is 0 Å². The maximum absolute atomic E-state index is 13.8. The van der Waals surface area contributed by atoms with Gasteiger partial charge in [0.05, 0.1) is 30.5 Å². The number of carbonyl (C=O) groups is 3. The van der Waals surface area contributed by atoms with Crippen molar-refractivity contribution in [1.82, 2.24) is 4.98 Å². The van der Waals surface area contributed by atoms with Gasteiger partial charge in [-0.3, -0.25) is 14.5 Å². The van der Waals surface area contributed by atoms with E-state index in [0.717, 1.165) is 30.6 Å². The third kappa shape index (κ3) is 6.57. The second-order valence-corrected chi connectivity index (χ2v) is 11.5. The molecule has 0 aliphatic carbocycles. The van der Waals surface area contributed by atoms with E-state index >= 15 is 0 Å². The summed E-state index contributed by atoms with van der Waals surface area (Å²) in [6.45, 7) is 10.7. The molecule has 0 unspecified atom stereocenters. The molecule has 12 heteroatoms. The van der Waals surface area contributed by atoms with Gasteiger partial charge in [0, 0.05) is 5.56 Å². The van der Waals surface area contributed by atoms with Gasteiger partial charge in [0.1, 0.15) is 30.5 Å². The second-order valence-electron chi connectivity index (χ2n) is 10.5. The Labute approximate surface area is 271 Å². The van der Waals surface area contributed by atoms with Crippen LogP contribution < -0.4 is 23.8 Å². The fourth-order valence-corrected chi connectivity index (χ4v) is 6.17. The number of Topliss-reactive ketones (excluding diaryl/α,β-unsaturated/α-hetero) is 1. The second kappa shape index (κ2) is 14.5. The number of aryl methyl sites for hydroxylation is 1. The lowest BCUT2D eigenvalue weighted by atomic mass is 9.95. The Morgan fingerprint density at radius 3 is 2.61 bits per heavy atom. The van der Waals surface area contributed by atoms with Gasteiger partial charge in [-0.1, -0.05) is 49.8 Å². The Bertz CT molecular complexity index is 1680. The number of ketones is 1. The lowest BCUT2D eigenvalue weighted by Gasteiger charge is -2.24. The average molecular weight is 649 g/mol. The number of carbonyl (C=O) groups excluding carboxylic acids is 3. The van der Waals surface area contributed by atoms with Crippen molar-refractivity contribution in [2.45, 2.75) is 46.1 Å². The van der Waals surface area contributed by atoms with Crippen LogP contribution in [0, 0.1) is 6.92 Å². The Balaban J connectivity index is 1.64. The molecule has 1 N–H and O–H groups in total. The quantitative estimate of drug-likeness (QED) is 0.0574. The Hall–Kier alpha value is -4.84. The van der Waals surface area contributed by atoms with Crippen LogP contribution in [0.3, 0.4) is 0 Å². The van der Waals surface area contributed by atoms with Crippen molar-refractivity contribution in [2.24, 2.45) is 0 Å². The molecule has 3 heterocycles. The number of aliphatic hydroxyl groups excluding tert-OH is 1. The number of anilines is 1. The molecule has 1 aromatic heterocycles. The third-order valence-corrected chi connectivity index (χ3v) is 8.49. The maximum Gasteiger partial charge on any atom is 0.350 e. The van der Waals surface area contributed by atoms with Crippen LogP contribution in [0.4, 0.5) is 5.13 Å². The zero-order chi connectivity index (χ0) is 32.8. The van der Waals surface area contributed by atoms with E-state index < -0.39 is 29.5 Å². The summed E-state index contributed by atoms with van der Waals surface area (Å²) in [6, 6.07) is 8.81. The summed E-state index contributed by atoms with van der Waals surface area (Å²) in [4.78, 5) is 46.2. The highest BCUT2D eigenvalue weighted by Gasteiger charge is 2.49. The topological polar surface area (TPSA) is 134 Å². The van der Waals surface area contributed by atoms with Gasteiger partial charge in [0.2, 0.25) is 0 Å². The molecule has 0 saturated carbocycles. The molecule has 2 aliphatic heterocycles. The molecule has 5 rings (SSSR count). The van der Waals surface area contributed by atoms with Crippen LogP contribution in [-0.4, -0.2) is 60.8 Å². The lowest BCUT2D eigenvalue weighted by Crippen LogP contribution is -2.29. The standard InChI is InChI=1S/C34H36N2O9S/c1-5-8-9-15-42-23-12-10-21(18-25(23)41-7-3)28-27(29(37)22-11-13-24-26(19-22)44-17-16-43-24)30(38)32(39)36(28)34-35-20(4)31(46-34)33(40)45-14-6-2/h6,10-13,18-19,28,37H,2,5,7-9,14-17H2,1,3-4H3/b29-27+/t28-/m0/s1. The molecule has 0 bridgehead atoms. The number of hydrogen-bond donors (Lipinski definition) is 1. The van der Waals surface area contributed by atoms with Crippen LogP contribution in [0.5, 0.6) is 23.0 Å². The first-order chi connectivity index (χ1) is 22.3. The van der Waals surface area contributed by atoms with E-state index in [9.17, 15) is 19.5 Å². The van der Waals surface area contributed by atoms with Crippen molar-refractivity contribution in [3.05, 3.63) is 76.3 Å². The zero-order valence-corrected chi connectivity index (χ0v) is 26.8. The lowest BCUT2D eigenvalue weighted by molar-refractivity contribution is -0.132. The van der Waals surface area contributed by atoms with Gasteiger partial charge in [-0.25, -0.2) is 9.78 Å². The van der Waals surface area contributed by atoms with E-state index in [1.807, 2.05) is 6.92 Å². The number of thiazole rings is 1. The SMILES string of the molecule is C=CCOC(=O)c1sc(N2C(=O)C(=O)/C(=C(/O)c3ccc4c(c3)OCCO4)[C@@H]2c2ccc(OCCCCC)c(OCC)c2)nc1C. The highest BCUT2D eigenvalue weighted by atomic mass is 32.1. The molecule has 1 saturated heterocycles. The number of nitrogens with zero attached hydrogens (tertiary/aromatic N) is 2. The molecule has 46 heavy (non-hydrogen) atoms. The molecule has 1 atom stereocenters. The molecule has 242 valence electrons. The maximum atomic E-state index is 13.8. The van der Waals surface area contributed by atoms with E-state index in [1.165, 1.54) is 11.0 Å². The Morgan fingerprint density at radius 1 is 1.09 bits per heavy atom. The van der Waals surface area contributed by atoms with Gasteiger partial charge >= 0.3 is 11.9 Å². The molecule has 2 aliphatic rings. The number of benzene rings is 2. The number of unbranched alkanes of at least 4 members (excludes halogenated alkanes) is 2. The van der Waals surface area contributed by atoms with Gasteiger partial charge < -0.3 is 28.8 Å². The molecule has 1 amide bonds. The van der Waals surface area contributed by atoms with E-state index in [4.69, 9.17) is 23.7 Å². The van der Waals surface area contributed by atoms with Crippen molar-refractivity contribution in [1.29, 1.82) is 0 Å². The summed E-state index contributed by atoms with van der Waals surface area (Å²) in [7, 11) is 0. The molecule has 0 radical (unpaired) electrons. The third-order valence-electron chi connectivity index (χ3n) is 7.36. The van der Waals surface area contributed by atoms with Gasteiger partial charge in [0.25, 0.3) is 5.78 Å². The smallest absolute Gasteiger partial charge is 0.350 e. The molecular weight excluding hydrogens is 612 g/mol. The number of rotatable bonds is 13. The molecule has 11 nitrogen and oxygen atoms in total. The number of aliphatic hydroxyl groups is 1. The van der Waals surface area contributed by atoms with Crippen molar-refractivity contribution in [2.75, 3.05) is 37.9 Å². The van der Waals surface area contributed by atoms with Crippen molar-refractivity contribution >= 4 is 39.9 Å². The highest BCUT2D eigenvalue weighted by Crippen LogP contribution is 2.46. The van der Waals surface area contributed by atoms with Crippen LogP contribution in [0.1, 0.15) is 65.6 Å². The number of esters is 1. The number of aromatic nitrogens is 1. The minimum absolute atomic E-state index is 0.00137. The monoisotopic (exact) mass is 648 g/mol. The van der Waals surface area contributed by atoms with Crippen LogP contribution in [-0.2, 0) is 14.3 Å². The number of ether oxygens (including phenoxy) is 5. The molecule has 2 aromatic carbocycles. The Kier molecular flexibility index (Phi) is 10.3. The number of fused-ring (bicyclic) bond motifs is 1. The number of amides is 1. The summed E-state index contributed by atoms with van der Waals surface area (Å²) in [5, 5.41) is 11.8. The average Bonchev–Trinajstić information content (AvgIpc) is 3.57. The van der Waals surface area contributed by atoms with Crippen LogP contribution in [0.25, 0.3) is 5.76 Å². The van der Waals surface area contributed by atoms with E-state index in [2.05, 4.69) is 18.5 Å². The molecule has 0 spiro atoms. The zero-order valence-electron chi connectivity index (χ0n) is 26.0. The largest absolute Gasteiger partial charge is 0.507 e. The summed E-state index contributed by atoms with van der Waals surface area (Å²) < 4.78 is 28.4. The van der Waals surface area contributed by atoms with E-state index in [0.29, 0.717) is 60.7 Å². The first kappa shape index (κ1) is 32.6. The highest BCUT2D eigenvalue weighted by molar-refractivity contribution is 7.17. The van der Waals surface area contributed by atoms with Gasteiger partial charge in [-0.05, 0) is 56.2 Å². The fraction of sp³-hybridized carbons (Fsp3) is 0.353. The minimum Gasteiger partial charge on any atom is -0.507 e. The molecule has 1 fully saturated rings. The van der Waals surface area contributed by atoms with Crippen LogP contribution >= 0.6 is 11.3 Å².